The number of hydrogen-bond donors (Lipinski definition) is 2. The van der Waals surface area contributed by atoms with Crippen molar-refractivity contribution in [2.24, 2.45) is 5.92 Å². The smallest absolute Gasteiger partial charge is 0.338 e. The lowest BCUT2D eigenvalue weighted by Gasteiger charge is -2.35. The number of carbonyl (C=O) groups excluding carboxylic acids is 2. The van der Waals surface area contributed by atoms with Crippen molar-refractivity contribution in [3.8, 4) is 0 Å². The normalized spacial score (nSPS) is 19.8. The molecular weight excluding hydrogens is 362 g/mol. The second kappa shape index (κ2) is 7.68. The Hall–Kier alpha value is -2.41. The first-order valence-electron chi connectivity index (χ1n) is 9.14. The van der Waals surface area contributed by atoms with Gasteiger partial charge in [0.05, 0.1) is 17.7 Å². The van der Waals surface area contributed by atoms with Gasteiger partial charge < -0.3 is 20.3 Å². The zero-order chi connectivity index (χ0) is 19.7. The number of anilines is 1. The maximum absolute atomic E-state index is 12.8. The molecule has 144 valence electrons. The summed E-state index contributed by atoms with van der Waals surface area (Å²) in [7, 11) is 1.82. The molecule has 0 radical (unpaired) electrons. The molecule has 1 amide bonds. The van der Waals surface area contributed by atoms with E-state index in [-0.39, 0.29) is 23.9 Å². The van der Waals surface area contributed by atoms with Crippen LogP contribution in [0.4, 0.5) is 5.69 Å². The van der Waals surface area contributed by atoms with Gasteiger partial charge in [-0.05, 0) is 63.5 Å². The highest BCUT2D eigenvalue weighted by Crippen LogP contribution is 2.33. The Labute approximate surface area is 164 Å². The number of allylic oxidation sites excluding steroid dienone is 1. The molecule has 3 rings (SSSR count). The van der Waals surface area contributed by atoms with Gasteiger partial charge in [0.2, 0.25) is 5.91 Å². The van der Waals surface area contributed by atoms with Crippen molar-refractivity contribution in [2.45, 2.75) is 45.8 Å². The lowest BCUT2D eigenvalue weighted by molar-refractivity contribution is -0.143. The Balaban J connectivity index is 1.93. The maximum atomic E-state index is 12.8. The van der Waals surface area contributed by atoms with Crippen molar-refractivity contribution in [1.29, 1.82) is 0 Å². The van der Waals surface area contributed by atoms with Crippen molar-refractivity contribution in [3.63, 3.8) is 0 Å². The van der Waals surface area contributed by atoms with E-state index < -0.39 is 6.04 Å². The third kappa shape index (κ3) is 4.30. The van der Waals surface area contributed by atoms with Gasteiger partial charge in [0, 0.05) is 24.4 Å². The topological polar surface area (TPSA) is 70.7 Å². The van der Waals surface area contributed by atoms with Crippen LogP contribution in [-0.4, -0.2) is 35.0 Å². The van der Waals surface area contributed by atoms with Crippen LogP contribution in [0, 0.1) is 5.92 Å². The van der Waals surface area contributed by atoms with Gasteiger partial charge in [0.25, 0.3) is 0 Å². The molecule has 1 aliphatic carbocycles. The molecule has 1 fully saturated rings. The first-order chi connectivity index (χ1) is 12.8. The zero-order valence-corrected chi connectivity index (χ0v) is 16.9. The van der Waals surface area contributed by atoms with Crippen molar-refractivity contribution in [2.75, 3.05) is 12.4 Å². The van der Waals surface area contributed by atoms with Gasteiger partial charge in [-0.25, -0.2) is 4.79 Å². The number of nitrogens with zero attached hydrogens (tertiary/aromatic N) is 1. The summed E-state index contributed by atoms with van der Waals surface area (Å²) >= 11 is 5.41. The highest BCUT2D eigenvalue weighted by molar-refractivity contribution is 7.80. The Morgan fingerprint density at radius 2 is 2.04 bits per heavy atom. The van der Waals surface area contributed by atoms with Crippen molar-refractivity contribution in [3.05, 3.63) is 41.1 Å². The first-order valence-corrected chi connectivity index (χ1v) is 9.55. The summed E-state index contributed by atoms with van der Waals surface area (Å²) in [5, 5.41) is 6.70. The number of amides is 1. The highest BCUT2D eigenvalue weighted by Gasteiger charge is 2.34. The SMILES string of the molecule is CC1=C(C(=O)OC(C)C)[C@H](c2cccc(NC(=O)C3CC3)c2)NC(=S)N1C. The van der Waals surface area contributed by atoms with Crippen molar-refractivity contribution < 1.29 is 14.3 Å². The predicted octanol–water partition coefficient (Wildman–Crippen LogP) is 3.12. The van der Waals surface area contributed by atoms with Crippen LogP contribution in [0.1, 0.15) is 45.2 Å². The van der Waals surface area contributed by atoms with Crippen LogP contribution >= 0.6 is 12.2 Å². The van der Waals surface area contributed by atoms with Crippen LogP contribution < -0.4 is 10.6 Å². The van der Waals surface area contributed by atoms with Crippen LogP contribution in [0.25, 0.3) is 0 Å². The number of thiocarbonyl (C=S) groups is 1. The minimum Gasteiger partial charge on any atom is -0.459 e. The van der Waals surface area contributed by atoms with Gasteiger partial charge in [0.1, 0.15) is 0 Å². The van der Waals surface area contributed by atoms with E-state index in [1.54, 1.807) is 4.90 Å². The van der Waals surface area contributed by atoms with E-state index in [1.165, 1.54) is 0 Å². The summed E-state index contributed by atoms with van der Waals surface area (Å²) < 4.78 is 5.45. The Bertz CT molecular complexity index is 814. The predicted molar refractivity (Wildman–Crippen MR) is 108 cm³/mol. The quantitative estimate of drug-likeness (QED) is 0.598. The Morgan fingerprint density at radius 1 is 1.33 bits per heavy atom. The van der Waals surface area contributed by atoms with Gasteiger partial charge in [-0.3, -0.25) is 4.79 Å². The monoisotopic (exact) mass is 387 g/mol. The van der Waals surface area contributed by atoms with E-state index in [0.29, 0.717) is 16.4 Å². The van der Waals surface area contributed by atoms with Crippen LogP contribution in [0.2, 0.25) is 0 Å². The summed E-state index contributed by atoms with van der Waals surface area (Å²) in [6.45, 7) is 5.50. The van der Waals surface area contributed by atoms with Crippen molar-refractivity contribution >= 4 is 34.9 Å². The minimum absolute atomic E-state index is 0.0465. The van der Waals surface area contributed by atoms with Gasteiger partial charge in [-0.15, -0.1) is 0 Å². The molecule has 1 aromatic rings. The Morgan fingerprint density at radius 3 is 2.67 bits per heavy atom. The van der Waals surface area contributed by atoms with Crippen LogP contribution in [0.3, 0.4) is 0 Å². The molecule has 1 aromatic carbocycles. The van der Waals surface area contributed by atoms with Crippen molar-refractivity contribution in [1.82, 2.24) is 10.2 Å². The third-order valence-corrected chi connectivity index (χ3v) is 5.14. The molecule has 0 unspecified atom stereocenters. The minimum atomic E-state index is -0.433. The summed E-state index contributed by atoms with van der Waals surface area (Å²) in [6.07, 6.45) is 1.68. The summed E-state index contributed by atoms with van der Waals surface area (Å²) in [4.78, 5) is 26.6. The second-order valence-electron chi connectivity index (χ2n) is 7.28. The fraction of sp³-hybridized carbons (Fsp3) is 0.450. The molecule has 0 spiro atoms. The third-order valence-electron chi connectivity index (χ3n) is 4.75. The number of esters is 1. The fourth-order valence-corrected chi connectivity index (χ4v) is 3.27. The van der Waals surface area contributed by atoms with E-state index in [9.17, 15) is 9.59 Å². The number of benzene rings is 1. The van der Waals surface area contributed by atoms with Gasteiger partial charge in [-0.1, -0.05) is 12.1 Å². The average Bonchev–Trinajstić information content (AvgIpc) is 3.44. The summed E-state index contributed by atoms with van der Waals surface area (Å²) in [5.41, 5.74) is 2.83. The molecule has 1 heterocycles. The van der Waals surface area contributed by atoms with E-state index in [1.807, 2.05) is 52.1 Å². The lowest BCUT2D eigenvalue weighted by Crippen LogP contribution is -2.46. The van der Waals surface area contributed by atoms with Gasteiger partial charge in [0.15, 0.2) is 5.11 Å². The standard InChI is InChI=1S/C20H25N3O3S/c1-11(2)26-19(25)16-12(3)23(4)20(27)22-17(16)14-6-5-7-15(10-14)21-18(24)13-8-9-13/h5-7,10-11,13,17H,8-9H2,1-4H3,(H,21,24)(H,22,27)/t17-/m0/s1. The number of rotatable bonds is 5. The highest BCUT2D eigenvalue weighted by atomic mass is 32.1. The molecular formula is C20H25N3O3S. The Kier molecular flexibility index (Phi) is 5.51. The van der Waals surface area contributed by atoms with E-state index >= 15 is 0 Å². The first kappa shape index (κ1) is 19.4. The molecule has 2 N–H and O–H groups in total. The number of ether oxygens (including phenoxy) is 1. The summed E-state index contributed by atoms with van der Waals surface area (Å²) in [5.74, 6) is -0.201. The number of carbonyl (C=O) groups is 2. The van der Waals surface area contributed by atoms with Gasteiger partial charge in [-0.2, -0.15) is 0 Å². The second-order valence-corrected chi connectivity index (χ2v) is 7.67. The summed E-state index contributed by atoms with van der Waals surface area (Å²) in [6, 6.07) is 7.06. The number of nitrogens with one attached hydrogen (secondary N) is 2. The zero-order valence-electron chi connectivity index (χ0n) is 16.0. The van der Waals surface area contributed by atoms with E-state index in [2.05, 4.69) is 10.6 Å². The van der Waals surface area contributed by atoms with E-state index in [0.717, 1.165) is 24.1 Å². The van der Waals surface area contributed by atoms with Crippen LogP contribution in [0.15, 0.2) is 35.5 Å². The van der Waals surface area contributed by atoms with Crippen LogP contribution in [-0.2, 0) is 14.3 Å². The maximum Gasteiger partial charge on any atom is 0.338 e. The molecule has 1 atom stereocenters. The average molecular weight is 388 g/mol. The molecule has 0 aromatic heterocycles. The number of hydrogen-bond acceptors (Lipinski definition) is 4. The molecule has 0 bridgehead atoms. The molecule has 1 saturated carbocycles. The fourth-order valence-electron chi connectivity index (χ4n) is 3.01. The molecule has 2 aliphatic rings. The molecule has 1 aliphatic heterocycles. The molecule has 6 nitrogen and oxygen atoms in total. The molecule has 27 heavy (non-hydrogen) atoms. The van der Waals surface area contributed by atoms with Crippen LogP contribution in [0.5, 0.6) is 0 Å². The molecule has 0 saturated heterocycles. The van der Waals surface area contributed by atoms with E-state index in [4.69, 9.17) is 17.0 Å². The lowest BCUT2D eigenvalue weighted by atomic mass is 9.94. The van der Waals surface area contributed by atoms with Gasteiger partial charge >= 0.3 is 5.97 Å². The molecule has 7 heteroatoms. The largest absolute Gasteiger partial charge is 0.459 e.